The van der Waals surface area contributed by atoms with E-state index in [0.717, 1.165) is 0 Å². The molecule has 0 aromatic heterocycles. The summed E-state index contributed by atoms with van der Waals surface area (Å²) in [7, 11) is 5.53. The lowest BCUT2D eigenvalue weighted by Gasteiger charge is -1.92. The van der Waals surface area contributed by atoms with Gasteiger partial charge in [0.2, 0.25) is 0 Å². The van der Waals surface area contributed by atoms with Gasteiger partial charge in [-0.15, -0.1) is 0 Å². The van der Waals surface area contributed by atoms with Crippen molar-refractivity contribution in [3.63, 3.8) is 0 Å². The molecule has 0 spiro atoms. The zero-order valence-electron chi connectivity index (χ0n) is 6.10. The second-order valence-corrected chi connectivity index (χ2v) is 6.08. The summed E-state index contributed by atoms with van der Waals surface area (Å²) in [4.78, 5) is 0. The van der Waals surface area contributed by atoms with Gasteiger partial charge in [-0.2, -0.15) is 0 Å². The van der Waals surface area contributed by atoms with Gasteiger partial charge in [-0.1, -0.05) is 52.0 Å². The van der Waals surface area contributed by atoms with Crippen LogP contribution in [0.1, 0.15) is 6.42 Å². The molecule has 0 fully saturated rings. The van der Waals surface area contributed by atoms with Crippen LogP contribution in [0.15, 0.2) is 35.8 Å². The van der Waals surface area contributed by atoms with Crippen LogP contribution in [0.3, 0.4) is 0 Å². The lowest BCUT2D eigenvalue weighted by molar-refractivity contribution is 1.25. The number of hydrogen-bond donors (Lipinski definition) is 0. The van der Waals surface area contributed by atoms with Crippen molar-refractivity contribution in [2.75, 3.05) is 5.75 Å². The summed E-state index contributed by atoms with van der Waals surface area (Å²) in [6.07, 6.45) is 11.7. The Morgan fingerprint density at radius 2 is 1.91 bits per heavy atom. The Morgan fingerprint density at radius 1 is 1.00 bits per heavy atom. The highest BCUT2D eigenvalue weighted by molar-refractivity contribution is 9.09. The van der Waals surface area contributed by atoms with Crippen LogP contribution >= 0.6 is 31.4 Å². The predicted octanol–water partition coefficient (Wildman–Crippen LogP) is 4.05. The lowest BCUT2D eigenvalue weighted by Crippen LogP contribution is -1.67. The Hall–Kier alpha value is 0.270. The predicted molar refractivity (Wildman–Crippen MR) is 59.7 cm³/mol. The van der Waals surface area contributed by atoms with Crippen molar-refractivity contribution in [3.05, 3.63) is 35.8 Å². The summed E-state index contributed by atoms with van der Waals surface area (Å²) in [6.45, 7) is 0. The van der Waals surface area contributed by atoms with Crippen LogP contribution in [0.25, 0.3) is 0 Å². The van der Waals surface area contributed by atoms with E-state index in [4.69, 9.17) is 0 Å². The van der Waals surface area contributed by atoms with Crippen molar-refractivity contribution in [2.24, 2.45) is 0 Å². The average molecular weight is 202 g/mol. The summed E-state index contributed by atoms with van der Waals surface area (Å²) in [5.74, 6) is 1.20. The molecular formula is C8H10S3. The summed E-state index contributed by atoms with van der Waals surface area (Å²) in [6, 6.07) is 0. The topological polar surface area (TPSA) is 0 Å². The fraction of sp³-hybridized carbons (Fsp3) is 0.250. The quantitative estimate of drug-likeness (QED) is 0.544. The molecule has 0 atom stereocenters. The van der Waals surface area contributed by atoms with Crippen molar-refractivity contribution in [1.82, 2.24) is 0 Å². The highest BCUT2D eigenvalue weighted by Gasteiger charge is 1.86. The number of hydrogen-bond acceptors (Lipinski definition) is 3. The van der Waals surface area contributed by atoms with Crippen LogP contribution in [0.2, 0.25) is 0 Å². The minimum absolute atomic E-state index is 1.17. The van der Waals surface area contributed by atoms with E-state index in [1.54, 1.807) is 10.8 Å². The molecule has 0 aliphatic carbocycles. The standard InChI is InChI=1S/C8H10S3/c1-2-4-6-8-10-11-9-7-5-3-1/h1-5,7H,6,8H2/b3-1?,4-2+,7-5?. The Bertz CT molecular complexity index is 152. The molecule has 1 rings (SSSR count). The highest BCUT2D eigenvalue weighted by atomic mass is 33.5. The van der Waals surface area contributed by atoms with Gasteiger partial charge in [0.15, 0.2) is 0 Å². The van der Waals surface area contributed by atoms with E-state index in [1.165, 1.54) is 12.2 Å². The van der Waals surface area contributed by atoms with Crippen LogP contribution in [-0.2, 0) is 0 Å². The minimum Gasteiger partial charge on any atom is -0.0837 e. The van der Waals surface area contributed by atoms with Crippen molar-refractivity contribution in [1.29, 1.82) is 0 Å². The first kappa shape index (κ1) is 9.36. The second kappa shape index (κ2) is 6.95. The normalized spacial score (nSPS) is 22.5. The lowest BCUT2D eigenvalue weighted by atomic mass is 10.4. The van der Waals surface area contributed by atoms with Gasteiger partial charge in [0.25, 0.3) is 0 Å². The largest absolute Gasteiger partial charge is 0.0837 e. The first-order chi connectivity index (χ1) is 5.50. The summed E-state index contributed by atoms with van der Waals surface area (Å²) in [5, 5.41) is 2.10. The minimum atomic E-state index is 1.17. The monoisotopic (exact) mass is 202 g/mol. The number of allylic oxidation sites excluding steroid dienone is 5. The molecular weight excluding hydrogens is 192 g/mol. The molecule has 1 heterocycles. The highest BCUT2D eigenvalue weighted by Crippen LogP contribution is 2.35. The van der Waals surface area contributed by atoms with Crippen LogP contribution < -0.4 is 0 Å². The Kier molecular flexibility index (Phi) is 5.91. The zero-order chi connectivity index (χ0) is 7.78. The third-order valence-electron chi connectivity index (χ3n) is 1.06. The average Bonchev–Trinajstić information content (AvgIpc) is 2.08. The van der Waals surface area contributed by atoms with E-state index >= 15 is 0 Å². The van der Waals surface area contributed by atoms with Crippen LogP contribution in [0.4, 0.5) is 0 Å². The van der Waals surface area contributed by atoms with Crippen molar-refractivity contribution < 1.29 is 0 Å². The van der Waals surface area contributed by atoms with Crippen molar-refractivity contribution in [3.8, 4) is 0 Å². The maximum atomic E-state index is 2.20. The van der Waals surface area contributed by atoms with Crippen molar-refractivity contribution in [2.45, 2.75) is 6.42 Å². The Balaban J connectivity index is 2.36. The van der Waals surface area contributed by atoms with Gasteiger partial charge in [0, 0.05) is 5.75 Å². The van der Waals surface area contributed by atoms with Crippen LogP contribution in [0.5, 0.6) is 0 Å². The zero-order valence-corrected chi connectivity index (χ0v) is 8.55. The summed E-state index contributed by atoms with van der Waals surface area (Å²) < 4.78 is 0. The first-order valence-corrected chi connectivity index (χ1v) is 7.15. The third-order valence-corrected chi connectivity index (χ3v) is 4.84. The van der Waals surface area contributed by atoms with Crippen LogP contribution in [0, 0.1) is 0 Å². The molecule has 0 aromatic carbocycles. The molecule has 0 saturated heterocycles. The van der Waals surface area contributed by atoms with Gasteiger partial charge in [-0.3, -0.25) is 0 Å². The Morgan fingerprint density at radius 3 is 2.91 bits per heavy atom. The maximum absolute atomic E-state index is 2.20. The van der Waals surface area contributed by atoms with Gasteiger partial charge in [-0.05, 0) is 21.7 Å². The number of rotatable bonds is 0. The fourth-order valence-corrected chi connectivity index (χ4v) is 3.65. The maximum Gasteiger partial charge on any atom is 0.00799 e. The summed E-state index contributed by atoms with van der Waals surface area (Å²) >= 11 is 0. The fourth-order valence-electron chi connectivity index (χ4n) is 0.581. The molecule has 3 heteroatoms. The molecule has 60 valence electrons. The molecule has 11 heavy (non-hydrogen) atoms. The van der Waals surface area contributed by atoms with Crippen molar-refractivity contribution >= 4 is 31.4 Å². The van der Waals surface area contributed by atoms with Crippen LogP contribution in [-0.4, -0.2) is 5.75 Å². The van der Waals surface area contributed by atoms with E-state index in [0.29, 0.717) is 0 Å². The molecule has 0 saturated carbocycles. The van der Waals surface area contributed by atoms with Gasteiger partial charge in [-0.25, -0.2) is 0 Å². The molecule has 0 N–H and O–H groups in total. The van der Waals surface area contributed by atoms with E-state index in [1.807, 2.05) is 20.6 Å². The van der Waals surface area contributed by atoms with E-state index in [-0.39, 0.29) is 0 Å². The van der Waals surface area contributed by atoms with Gasteiger partial charge in [0.1, 0.15) is 0 Å². The SMILES string of the molecule is C1=C/C=C/CCSSSC=C1. The second-order valence-electron chi connectivity index (χ2n) is 1.92. The third kappa shape index (κ3) is 5.53. The summed E-state index contributed by atoms with van der Waals surface area (Å²) in [5.41, 5.74) is 0. The first-order valence-electron chi connectivity index (χ1n) is 3.43. The molecule has 0 bridgehead atoms. The smallest absolute Gasteiger partial charge is 0.00799 e. The molecule has 0 nitrogen and oxygen atoms in total. The van der Waals surface area contributed by atoms with Gasteiger partial charge in [0.05, 0.1) is 0 Å². The van der Waals surface area contributed by atoms with E-state index < -0.39 is 0 Å². The Labute approximate surface area is 79.4 Å². The molecule has 0 unspecified atom stereocenters. The molecule has 0 aromatic rings. The molecule has 0 amide bonds. The molecule has 0 radical (unpaired) electrons. The van der Waals surface area contributed by atoms with Gasteiger partial charge >= 0.3 is 0 Å². The molecule has 1 aliphatic heterocycles. The molecule has 1 aliphatic rings. The van der Waals surface area contributed by atoms with Gasteiger partial charge < -0.3 is 0 Å². The van der Waals surface area contributed by atoms with E-state index in [9.17, 15) is 0 Å². The van der Waals surface area contributed by atoms with E-state index in [2.05, 4.69) is 35.8 Å².